The van der Waals surface area contributed by atoms with Crippen LogP contribution in [-0.4, -0.2) is 65.3 Å². The molecule has 1 fully saturated rings. The number of likely N-dealkylation sites (tertiary alicyclic amines) is 1. The summed E-state index contributed by atoms with van der Waals surface area (Å²) in [4.78, 5) is 10.3. The quantitative estimate of drug-likeness (QED) is 0.0824. The smallest absolute Gasteiger partial charge is 0.119 e. The summed E-state index contributed by atoms with van der Waals surface area (Å²) in [6.07, 6.45) is 6.14. The number of benzene rings is 4. The van der Waals surface area contributed by atoms with E-state index in [1.165, 1.54) is 11.1 Å². The number of rotatable bonds is 16. The monoisotopic (exact) mass is 691 g/mol. The predicted molar refractivity (Wildman–Crippen MR) is 206 cm³/mol. The van der Waals surface area contributed by atoms with Crippen LogP contribution in [0.2, 0.25) is 5.02 Å². The van der Waals surface area contributed by atoms with Crippen LogP contribution < -0.4 is 15.2 Å². The fraction of sp³-hybridized carbons (Fsp3) is 0.357. The summed E-state index contributed by atoms with van der Waals surface area (Å²) >= 11 is 6.03. The van der Waals surface area contributed by atoms with Crippen molar-refractivity contribution in [3.63, 3.8) is 0 Å². The van der Waals surface area contributed by atoms with Gasteiger partial charge in [0, 0.05) is 53.6 Å². The van der Waals surface area contributed by atoms with Crippen LogP contribution >= 0.6 is 11.6 Å². The molecule has 8 heteroatoms. The van der Waals surface area contributed by atoms with Gasteiger partial charge in [0.05, 0.1) is 18.9 Å². The number of aromatic nitrogens is 2. The van der Waals surface area contributed by atoms with Crippen molar-refractivity contribution in [3.8, 4) is 28.4 Å². The molecule has 0 bridgehead atoms. The fourth-order valence-electron chi connectivity index (χ4n) is 6.64. The second-order valence-electron chi connectivity index (χ2n) is 13.1. The molecule has 0 spiro atoms. The van der Waals surface area contributed by atoms with Crippen LogP contribution in [0.15, 0.2) is 103 Å². The topological polar surface area (TPSA) is 68.8 Å². The molecule has 50 heavy (non-hydrogen) atoms. The summed E-state index contributed by atoms with van der Waals surface area (Å²) in [7, 11) is 0. The van der Waals surface area contributed by atoms with E-state index in [4.69, 9.17) is 31.8 Å². The van der Waals surface area contributed by atoms with Crippen LogP contribution in [0.4, 0.5) is 5.69 Å². The highest BCUT2D eigenvalue weighted by atomic mass is 35.5. The first-order chi connectivity index (χ1) is 24.5. The summed E-state index contributed by atoms with van der Waals surface area (Å²) < 4.78 is 14.5. The highest BCUT2D eigenvalue weighted by molar-refractivity contribution is 6.30. The minimum Gasteiger partial charge on any atom is -0.494 e. The largest absolute Gasteiger partial charge is 0.494 e. The molecule has 7 nitrogen and oxygen atoms in total. The van der Waals surface area contributed by atoms with Crippen molar-refractivity contribution in [2.24, 2.45) is 0 Å². The Morgan fingerprint density at radius 2 is 1.40 bits per heavy atom. The zero-order valence-electron chi connectivity index (χ0n) is 29.4. The van der Waals surface area contributed by atoms with Gasteiger partial charge in [-0.15, -0.1) is 0 Å². The third-order valence-electron chi connectivity index (χ3n) is 9.69. The Morgan fingerprint density at radius 3 is 2.06 bits per heavy atom. The number of anilines is 1. The molecular formula is C42H50ClN5O2. The number of imidazole rings is 1. The van der Waals surface area contributed by atoms with Gasteiger partial charge in [-0.25, -0.2) is 4.98 Å². The lowest BCUT2D eigenvalue weighted by atomic mass is 9.95. The molecule has 6 rings (SSSR count). The van der Waals surface area contributed by atoms with E-state index in [9.17, 15) is 0 Å². The molecule has 0 atom stereocenters. The number of nitrogens with zero attached hydrogens (tertiary/aromatic N) is 4. The van der Waals surface area contributed by atoms with Crippen LogP contribution in [-0.2, 0) is 13.0 Å². The normalized spacial score (nSPS) is 13.9. The lowest BCUT2D eigenvalue weighted by Gasteiger charge is -2.32. The first-order valence-corrected chi connectivity index (χ1v) is 18.4. The van der Waals surface area contributed by atoms with Crippen LogP contribution in [0, 0.1) is 0 Å². The first kappa shape index (κ1) is 35.5. The van der Waals surface area contributed by atoms with E-state index in [2.05, 4.69) is 82.9 Å². The number of nitrogens with two attached hydrogens (primary N) is 1. The second-order valence-corrected chi connectivity index (χ2v) is 13.6. The minimum absolute atomic E-state index is 0.359. The Bertz CT molecular complexity index is 1740. The molecule has 1 saturated heterocycles. The second kappa shape index (κ2) is 17.6. The summed E-state index contributed by atoms with van der Waals surface area (Å²) in [6, 6.07) is 32.9. The van der Waals surface area contributed by atoms with E-state index < -0.39 is 0 Å². The molecule has 0 aliphatic carbocycles. The summed E-state index contributed by atoms with van der Waals surface area (Å²) in [6.45, 7) is 11.9. The van der Waals surface area contributed by atoms with Crippen molar-refractivity contribution in [1.29, 1.82) is 0 Å². The number of hydrogen-bond acceptors (Lipinski definition) is 6. The van der Waals surface area contributed by atoms with E-state index >= 15 is 0 Å². The van der Waals surface area contributed by atoms with Gasteiger partial charge >= 0.3 is 0 Å². The van der Waals surface area contributed by atoms with Gasteiger partial charge in [0.25, 0.3) is 0 Å². The van der Waals surface area contributed by atoms with Crippen LogP contribution in [0.5, 0.6) is 11.5 Å². The molecular weight excluding hydrogens is 642 g/mol. The summed E-state index contributed by atoms with van der Waals surface area (Å²) in [5.41, 5.74) is 12.4. The van der Waals surface area contributed by atoms with Gasteiger partial charge < -0.3 is 24.7 Å². The molecule has 4 aromatic carbocycles. The molecule has 0 saturated carbocycles. The summed E-state index contributed by atoms with van der Waals surface area (Å²) in [5, 5.41) is 0.749. The maximum atomic E-state index is 6.11. The van der Waals surface area contributed by atoms with E-state index in [0.29, 0.717) is 19.1 Å². The first-order valence-electron chi connectivity index (χ1n) is 18.1. The maximum absolute atomic E-state index is 6.11. The third kappa shape index (κ3) is 9.69. The van der Waals surface area contributed by atoms with Crippen LogP contribution in [0.3, 0.4) is 0 Å². The Morgan fingerprint density at radius 1 is 0.780 bits per heavy atom. The van der Waals surface area contributed by atoms with Crippen molar-refractivity contribution >= 4 is 17.3 Å². The molecule has 2 N–H and O–H groups in total. The number of piperidine rings is 1. The molecule has 0 amide bonds. The van der Waals surface area contributed by atoms with Crippen molar-refractivity contribution in [2.45, 2.75) is 52.0 Å². The number of hydrogen-bond donors (Lipinski definition) is 1. The Kier molecular flexibility index (Phi) is 12.5. The van der Waals surface area contributed by atoms with E-state index in [1.807, 2.05) is 48.5 Å². The Labute approximate surface area is 302 Å². The molecule has 0 unspecified atom stereocenters. The van der Waals surface area contributed by atoms with Crippen molar-refractivity contribution in [3.05, 3.63) is 125 Å². The zero-order valence-corrected chi connectivity index (χ0v) is 30.2. The van der Waals surface area contributed by atoms with E-state index in [-0.39, 0.29) is 0 Å². The number of halogens is 1. The van der Waals surface area contributed by atoms with E-state index in [1.54, 1.807) is 0 Å². The molecule has 1 aromatic heterocycles. The minimum atomic E-state index is 0.359. The lowest BCUT2D eigenvalue weighted by Crippen LogP contribution is -2.33. The van der Waals surface area contributed by atoms with Crippen molar-refractivity contribution in [1.82, 2.24) is 19.4 Å². The van der Waals surface area contributed by atoms with Gasteiger partial charge in [-0.2, -0.15) is 0 Å². The van der Waals surface area contributed by atoms with E-state index in [0.717, 1.165) is 110 Å². The van der Waals surface area contributed by atoms with Gasteiger partial charge in [-0.3, -0.25) is 4.90 Å². The zero-order chi connectivity index (χ0) is 34.7. The molecule has 262 valence electrons. The standard InChI is InChI=1S/C42H50ClN5O2/c1-3-46(4-2)25-5-28-49-40-20-16-38(17-21-40)48-31-41(34-10-18-39(19-11-34)50-29-24-32-6-12-36(43)13-7-32)45-42(48)35-22-26-47(27-23-35)30-33-8-14-37(44)15-9-33/h6-21,31,35H,3-5,22-30,44H2,1-2H3. The SMILES string of the molecule is CCN(CC)CCCOc1ccc(-n2cc(-c3ccc(OCCc4ccc(Cl)cc4)cc3)nc2C2CCN(Cc3ccc(N)cc3)CC2)cc1. The molecule has 1 aliphatic rings. The Hall–Kier alpha value is -4.30. The van der Waals surface area contributed by atoms with Gasteiger partial charge in [0.2, 0.25) is 0 Å². The highest BCUT2D eigenvalue weighted by Crippen LogP contribution is 2.33. The van der Waals surface area contributed by atoms with Gasteiger partial charge in [-0.1, -0.05) is 49.7 Å². The lowest BCUT2D eigenvalue weighted by molar-refractivity contribution is 0.201. The molecule has 1 aliphatic heterocycles. The predicted octanol–water partition coefficient (Wildman–Crippen LogP) is 8.89. The van der Waals surface area contributed by atoms with Gasteiger partial charge in [0.1, 0.15) is 17.3 Å². The number of ether oxygens (including phenoxy) is 2. The van der Waals surface area contributed by atoms with Crippen LogP contribution in [0.1, 0.15) is 56.0 Å². The maximum Gasteiger partial charge on any atom is 0.119 e. The highest BCUT2D eigenvalue weighted by Gasteiger charge is 2.26. The molecule has 0 radical (unpaired) electrons. The molecule has 2 heterocycles. The van der Waals surface area contributed by atoms with Crippen molar-refractivity contribution < 1.29 is 9.47 Å². The Balaban J connectivity index is 1.14. The summed E-state index contributed by atoms with van der Waals surface area (Å²) in [5.74, 6) is 3.22. The average Bonchev–Trinajstić information content (AvgIpc) is 3.60. The average molecular weight is 692 g/mol. The number of nitrogen functional groups attached to an aromatic ring is 1. The van der Waals surface area contributed by atoms with Crippen molar-refractivity contribution in [2.75, 3.05) is 51.7 Å². The van der Waals surface area contributed by atoms with Gasteiger partial charge in [-0.05, 0) is 129 Å². The van der Waals surface area contributed by atoms with Crippen LogP contribution in [0.25, 0.3) is 16.9 Å². The van der Waals surface area contributed by atoms with Gasteiger partial charge in [0.15, 0.2) is 0 Å². The fourth-order valence-corrected chi connectivity index (χ4v) is 6.77. The third-order valence-corrected chi connectivity index (χ3v) is 9.94. The molecule has 5 aromatic rings.